The van der Waals surface area contributed by atoms with Gasteiger partial charge in [0, 0.05) is 6.26 Å². The smallest absolute Gasteiger partial charge is 0.308 e. The van der Waals surface area contributed by atoms with Gasteiger partial charge in [0.05, 0.1) is 11.5 Å². The van der Waals surface area contributed by atoms with E-state index in [0.29, 0.717) is 12.8 Å². The first kappa shape index (κ1) is 16.5. The highest BCUT2D eigenvalue weighted by atomic mass is 32.2. The van der Waals surface area contributed by atoms with E-state index >= 15 is 0 Å². The van der Waals surface area contributed by atoms with Crippen molar-refractivity contribution in [1.82, 2.24) is 5.32 Å². The highest BCUT2D eigenvalue weighted by Gasteiger charge is 2.42. The van der Waals surface area contributed by atoms with Crippen molar-refractivity contribution in [1.29, 1.82) is 0 Å². The Morgan fingerprint density at radius 1 is 1.36 bits per heavy atom. The molecule has 1 fully saturated rings. The molecule has 7 nitrogen and oxygen atoms in total. The van der Waals surface area contributed by atoms with E-state index in [2.05, 4.69) is 5.32 Å². The summed E-state index contributed by atoms with van der Waals surface area (Å²) < 4.78 is 27.8. The molecule has 0 aliphatic heterocycles. The predicted octanol–water partition coefficient (Wildman–Crippen LogP) is 1.45. The summed E-state index contributed by atoms with van der Waals surface area (Å²) in [6.07, 6.45) is 3.67. The zero-order valence-electron chi connectivity index (χ0n) is 12.5. The normalized spacial score (nSPS) is 25.6. The van der Waals surface area contributed by atoms with Gasteiger partial charge in [-0.3, -0.25) is 9.59 Å². The summed E-state index contributed by atoms with van der Waals surface area (Å²) in [5.74, 6) is -2.37. The Labute approximate surface area is 128 Å². The fraction of sp³-hybridized carbons (Fsp3) is 0.571. The number of carbonyl (C=O) groups excluding carboxylic acids is 1. The molecule has 2 atom stereocenters. The lowest BCUT2D eigenvalue weighted by molar-refractivity contribution is -0.145. The van der Waals surface area contributed by atoms with E-state index in [1.165, 1.54) is 12.1 Å². The zero-order chi connectivity index (χ0) is 16.5. The van der Waals surface area contributed by atoms with E-state index in [0.717, 1.165) is 19.1 Å². The van der Waals surface area contributed by atoms with Gasteiger partial charge in [-0.1, -0.05) is 12.8 Å². The van der Waals surface area contributed by atoms with Gasteiger partial charge in [-0.15, -0.1) is 0 Å². The molecule has 2 N–H and O–H groups in total. The van der Waals surface area contributed by atoms with Crippen LogP contribution in [0.15, 0.2) is 21.6 Å². The molecule has 0 aromatic carbocycles. The van der Waals surface area contributed by atoms with E-state index in [1.54, 1.807) is 6.92 Å². The van der Waals surface area contributed by atoms with Crippen LogP contribution in [-0.4, -0.2) is 37.2 Å². The molecule has 0 radical (unpaired) electrons. The van der Waals surface area contributed by atoms with Crippen LogP contribution < -0.4 is 5.32 Å². The van der Waals surface area contributed by atoms with Crippen molar-refractivity contribution in [2.75, 3.05) is 6.26 Å². The van der Waals surface area contributed by atoms with Gasteiger partial charge in [-0.05, 0) is 31.9 Å². The predicted molar refractivity (Wildman–Crippen MR) is 77.3 cm³/mol. The standard InChI is InChI=1S/C14H19NO6S/c1-14(8-4-3-5-9(14)13(17)18)15-12(16)10-6-7-11(21-10)22(2,19)20/h6-7,9H,3-5,8H2,1-2H3,(H,15,16)(H,17,18)/t9-,14-/m0/s1. The Balaban J connectivity index is 2.20. The molecule has 8 heteroatoms. The van der Waals surface area contributed by atoms with Crippen LogP contribution in [0.25, 0.3) is 0 Å². The second kappa shape index (κ2) is 5.75. The van der Waals surface area contributed by atoms with E-state index in [-0.39, 0.29) is 10.9 Å². The van der Waals surface area contributed by atoms with Gasteiger partial charge in [-0.2, -0.15) is 0 Å². The summed E-state index contributed by atoms with van der Waals surface area (Å²) in [5, 5.41) is 11.7. The van der Waals surface area contributed by atoms with Gasteiger partial charge in [0.15, 0.2) is 5.76 Å². The Hall–Kier alpha value is -1.83. The number of nitrogens with one attached hydrogen (secondary N) is 1. The van der Waals surface area contributed by atoms with E-state index in [9.17, 15) is 23.1 Å². The average Bonchev–Trinajstić information content (AvgIpc) is 2.87. The Kier molecular flexibility index (Phi) is 4.32. The number of amides is 1. The van der Waals surface area contributed by atoms with Crippen molar-refractivity contribution >= 4 is 21.7 Å². The zero-order valence-corrected chi connectivity index (χ0v) is 13.3. The van der Waals surface area contributed by atoms with Gasteiger partial charge >= 0.3 is 5.97 Å². The monoisotopic (exact) mass is 329 g/mol. The topological polar surface area (TPSA) is 114 Å². The van der Waals surface area contributed by atoms with Crippen molar-refractivity contribution in [2.24, 2.45) is 5.92 Å². The Bertz CT molecular complexity index is 692. The number of carboxylic acids is 1. The molecule has 122 valence electrons. The molecule has 0 unspecified atom stereocenters. The minimum absolute atomic E-state index is 0.142. The lowest BCUT2D eigenvalue weighted by Crippen LogP contribution is -2.55. The second-order valence-corrected chi connectivity index (χ2v) is 7.85. The number of furan rings is 1. The number of aliphatic carboxylic acids is 1. The molecule has 1 aromatic heterocycles. The van der Waals surface area contributed by atoms with Crippen LogP contribution in [0.1, 0.15) is 43.2 Å². The number of carbonyl (C=O) groups is 2. The largest absolute Gasteiger partial charge is 0.481 e. The first-order valence-electron chi connectivity index (χ1n) is 6.99. The van der Waals surface area contributed by atoms with E-state index in [4.69, 9.17) is 4.42 Å². The van der Waals surface area contributed by atoms with Crippen molar-refractivity contribution in [3.63, 3.8) is 0 Å². The molecular formula is C14H19NO6S. The van der Waals surface area contributed by atoms with Crippen LogP contribution in [0.3, 0.4) is 0 Å². The maximum Gasteiger partial charge on any atom is 0.308 e. The number of sulfone groups is 1. The minimum Gasteiger partial charge on any atom is -0.481 e. The summed E-state index contributed by atoms with van der Waals surface area (Å²) in [6, 6.07) is 2.48. The van der Waals surface area contributed by atoms with Gasteiger partial charge in [0.25, 0.3) is 5.91 Å². The van der Waals surface area contributed by atoms with Crippen LogP contribution in [-0.2, 0) is 14.6 Å². The molecule has 1 amide bonds. The van der Waals surface area contributed by atoms with Gasteiger partial charge in [0.1, 0.15) is 0 Å². The summed E-state index contributed by atoms with van der Waals surface area (Å²) in [6.45, 7) is 1.70. The molecule has 1 aromatic rings. The van der Waals surface area contributed by atoms with Crippen LogP contribution >= 0.6 is 0 Å². The summed E-state index contributed by atoms with van der Waals surface area (Å²) in [5.41, 5.74) is -0.876. The Morgan fingerprint density at radius 2 is 2.05 bits per heavy atom. The van der Waals surface area contributed by atoms with Crippen molar-refractivity contribution in [3.05, 3.63) is 17.9 Å². The molecule has 1 heterocycles. The maximum absolute atomic E-state index is 12.2. The quantitative estimate of drug-likeness (QED) is 0.864. The van der Waals surface area contributed by atoms with Gasteiger partial charge in [0.2, 0.25) is 14.9 Å². The van der Waals surface area contributed by atoms with Gasteiger partial charge < -0.3 is 14.8 Å². The highest BCUT2D eigenvalue weighted by Crippen LogP contribution is 2.34. The van der Waals surface area contributed by atoms with Crippen LogP contribution in [0, 0.1) is 5.92 Å². The number of hydrogen-bond donors (Lipinski definition) is 2. The highest BCUT2D eigenvalue weighted by molar-refractivity contribution is 7.90. The van der Waals surface area contributed by atoms with E-state index < -0.39 is 33.2 Å². The van der Waals surface area contributed by atoms with Crippen LogP contribution in [0.5, 0.6) is 0 Å². The molecule has 1 saturated carbocycles. The summed E-state index contributed by atoms with van der Waals surface area (Å²) >= 11 is 0. The summed E-state index contributed by atoms with van der Waals surface area (Å²) in [7, 11) is -3.53. The summed E-state index contributed by atoms with van der Waals surface area (Å²) in [4.78, 5) is 23.6. The lowest BCUT2D eigenvalue weighted by Gasteiger charge is -2.39. The molecular weight excluding hydrogens is 310 g/mol. The van der Waals surface area contributed by atoms with E-state index in [1.807, 2.05) is 0 Å². The molecule has 0 bridgehead atoms. The average molecular weight is 329 g/mol. The minimum atomic E-state index is -3.53. The first-order valence-corrected chi connectivity index (χ1v) is 8.88. The maximum atomic E-state index is 12.2. The molecule has 0 saturated heterocycles. The fourth-order valence-electron chi connectivity index (χ4n) is 2.84. The van der Waals surface area contributed by atoms with Crippen LogP contribution in [0.2, 0.25) is 0 Å². The van der Waals surface area contributed by atoms with Gasteiger partial charge in [-0.25, -0.2) is 8.42 Å². The van der Waals surface area contributed by atoms with Crippen LogP contribution in [0.4, 0.5) is 0 Å². The van der Waals surface area contributed by atoms with Crippen molar-refractivity contribution < 1.29 is 27.5 Å². The third kappa shape index (κ3) is 3.32. The third-order valence-electron chi connectivity index (χ3n) is 4.08. The second-order valence-electron chi connectivity index (χ2n) is 5.90. The number of carboxylic acid groups (broad SMARTS) is 1. The molecule has 1 aliphatic rings. The molecule has 22 heavy (non-hydrogen) atoms. The SMILES string of the molecule is C[C@]1(NC(=O)c2ccc(S(C)(=O)=O)o2)CCCC[C@H]1C(=O)O. The lowest BCUT2D eigenvalue weighted by atomic mass is 9.74. The Morgan fingerprint density at radius 3 is 2.59 bits per heavy atom. The molecule has 0 spiro atoms. The van der Waals surface area contributed by atoms with Crippen molar-refractivity contribution in [2.45, 2.75) is 43.2 Å². The third-order valence-corrected chi connectivity index (χ3v) is 5.03. The first-order chi connectivity index (χ1) is 10.1. The molecule has 1 aliphatic carbocycles. The molecule has 2 rings (SSSR count). The number of hydrogen-bond acceptors (Lipinski definition) is 5. The number of rotatable bonds is 4. The fourth-order valence-corrected chi connectivity index (χ4v) is 3.40. The van der Waals surface area contributed by atoms with Crippen molar-refractivity contribution in [3.8, 4) is 0 Å².